The van der Waals surface area contributed by atoms with Crippen LogP contribution in [-0.2, 0) is 11.3 Å². The monoisotopic (exact) mass is 450 g/mol. The second-order valence-electron chi connectivity index (χ2n) is 8.07. The minimum Gasteiger partial charge on any atom is -0.481 e. The Kier molecular flexibility index (Phi) is 5.47. The Hall–Kier alpha value is -4.58. The van der Waals surface area contributed by atoms with Crippen molar-refractivity contribution in [3.63, 3.8) is 0 Å². The van der Waals surface area contributed by atoms with Gasteiger partial charge in [0.05, 0.1) is 10.9 Å². The topological polar surface area (TPSA) is 94.6 Å². The molecule has 6 heteroatoms. The molecule has 5 rings (SSSR count). The summed E-state index contributed by atoms with van der Waals surface area (Å²) in [5.74, 6) is -0.567. The standard InChI is InChI=1S/C28H22N2O4/c29-23-12-10-19(16-31)14-22(23)20-11-13-25(34-17-26(32)33)27-21-8-4-5-9-24(21)30(28(20)27)15-18-6-2-1-3-7-18/h1-14,16H,15,17,29H2,(H,32,33). The van der Waals surface area contributed by atoms with Crippen LogP contribution in [0.4, 0.5) is 5.69 Å². The summed E-state index contributed by atoms with van der Waals surface area (Å²) in [5, 5.41) is 11.0. The van der Waals surface area contributed by atoms with Crippen molar-refractivity contribution in [2.75, 3.05) is 12.3 Å². The third-order valence-electron chi connectivity index (χ3n) is 5.91. The molecule has 5 aromatic rings. The highest BCUT2D eigenvalue weighted by Gasteiger charge is 2.21. The molecule has 4 aromatic carbocycles. The van der Waals surface area contributed by atoms with Crippen LogP contribution in [-0.4, -0.2) is 28.5 Å². The average molecular weight is 450 g/mol. The normalized spacial score (nSPS) is 11.1. The number of carbonyl (C=O) groups excluding carboxylic acids is 1. The highest BCUT2D eigenvalue weighted by molar-refractivity contribution is 6.16. The Morgan fingerprint density at radius 3 is 2.47 bits per heavy atom. The molecule has 0 aliphatic rings. The first-order valence-corrected chi connectivity index (χ1v) is 10.8. The number of carboxylic acid groups (broad SMARTS) is 1. The van der Waals surface area contributed by atoms with E-state index in [-0.39, 0.29) is 0 Å². The quantitative estimate of drug-likeness (QED) is 0.257. The number of carboxylic acids is 1. The largest absolute Gasteiger partial charge is 0.481 e. The predicted molar refractivity (Wildman–Crippen MR) is 133 cm³/mol. The summed E-state index contributed by atoms with van der Waals surface area (Å²) in [4.78, 5) is 22.7. The minimum absolute atomic E-state index is 0.449. The maximum atomic E-state index is 11.5. The van der Waals surface area contributed by atoms with Crippen molar-refractivity contribution >= 4 is 39.7 Å². The van der Waals surface area contributed by atoms with Gasteiger partial charge in [0.25, 0.3) is 0 Å². The number of aldehydes is 1. The third-order valence-corrected chi connectivity index (χ3v) is 5.91. The smallest absolute Gasteiger partial charge is 0.341 e. The molecule has 0 atom stereocenters. The highest BCUT2D eigenvalue weighted by atomic mass is 16.5. The summed E-state index contributed by atoms with van der Waals surface area (Å²) < 4.78 is 7.91. The molecule has 3 N–H and O–H groups in total. The van der Waals surface area contributed by atoms with Crippen LogP contribution in [0.15, 0.2) is 84.9 Å². The van der Waals surface area contributed by atoms with E-state index in [1.807, 2.05) is 48.5 Å². The van der Waals surface area contributed by atoms with Crippen LogP contribution in [0.2, 0.25) is 0 Å². The lowest BCUT2D eigenvalue weighted by Crippen LogP contribution is -2.09. The molecule has 0 spiro atoms. The van der Waals surface area contributed by atoms with Gasteiger partial charge in [0.15, 0.2) is 6.61 Å². The molecule has 0 radical (unpaired) electrons. The molecule has 0 saturated heterocycles. The van der Waals surface area contributed by atoms with Crippen molar-refractivity contribution in [1.29, 1.82) is 0 Å². The summed E-state index contributed by atoms with van der Waals surface area (Å²) in [6, 6.07) is 26.9. The van der Waals surface area contributed by atoms with Gasteiger partial charge in [-0.05, 0) is 42.0 Å². The Morgan fingerprint density at radius 1 is 0.941 bits per heavy atom. The molecule has 0 amide bonds. The van der Waals surface area contributed by atoms with Crippen LogP contribution in [0.3, 0.4) is 0 Å². The number of ether oxygens (including phenoxy) is 1. The summed E-state index contributed by atoms with van der Waals surface area (Å²) >= 11 is 0. The first-order valence-electron chi connectivity index (χ1n) is 10.8. The lowest BCUT2D eigenvalue weighted by molar-refractivity contribution is -0.139. The number of carbonyl (C=O) groups is 2. The molecule has 0 aliphatic carbocycles. The number of benzene rings is 4. The number of rotatable bonds is 7. The molecule has 0 fully saturated rings. The number of aliphatic carboxylic acids is 1. The van der Waals surface area contributed by atoms with Crippen molar-refractivity contribution < 1.29 is 19.4 Å². The van der Waals surface area contributed by atoms with E-state index in [4.69, 9.17) is 10.5 Å². The fourth-order valence-corrected chi connectivity index (χ4v) is 4.44. The van der Waals surface area contributed by atoms with Crippen molar-refractivity contribution in [2.24, 2.45) is 0 Å². The molecule has 0 aliphatic heterocycles. The lowest BCUT2D eigenvalue weighted by Gasteiger charge is -2.15. The van der Waals surface area contributed by atoms with E-state index in [2.05, 4.69) is 16.7 Å². The van der Waals surface area contributed by atoms with Crippen LogP contribution in [0.1, 0.15) is 15.9 Å². The van der Waals surface area contributed by atoms with E-state index in [1.54, 1.807) is 24.3 Å². The SMILES string of the molecule is Nc1ccc(C=O)cc1-c1ccc(OCC(=O)O)c2c3ccccc3n(Cc3ccccc3)c12. The van der Waals surface area contributed by atoms with E-state index < -0.39 is 12.6 Å². The lowest BCUT2D eigenvalue weighted by atomic mass is 9.98. The van der Waals surface area contributed by atoms with Crippen LogP contribution in [0.25, 0.3) is 32.9 Å². The number of nitrogen functional groups attached to an aromatic ring is 1. The van der Waals surface area contributed by atoms with Crippen molar-refractivity contribution in [3.05, 3.63) is 96.1 Å². The Balaban J connectivity index is 1.87. The number of nitrogens with zero attached hydrogens (tertiary/aromatic N) is 1. The first-order chi connectivity index (χ1) is 16.6. The molecule has 1 aromatic heterocycles. The van der Waals surface area contributed by atoms with Crippen LogP contribution in [0, 0.1) is 0 Å². The van der Waals surface area contributed by atoms with Gasteiger partial charge < -0.3 is 20.1 Å². The van der Waals surface area contributed by atoms with Gasteiger partial charge in [-0.25, -0.2) is 4.79 Å². The van der Waals surface area contributed by atoms with E-state index in [1.165, 1.54) is 0 Å². The Labute approximate surface area is 195 Å². The molecule has 168 valence electrons. The maximum Gasteiger partial charge on any atom is 0.341 e. The summed E-state index contributed by atoms with van der Waals surface area (Å²) in [7, 11) is 0. The van der Waals surface area contributed by atoms with Crippen molar-refractivity contribution in [3.8, 4) is 16.9 Å². The molecule has 34 heavy (non-hydrogen) atoms. The number of nitrogens with two attached hydrogens (primary N) is 1. The van der Waals surface area contributed by atoms with Gasteiger partial charge in [0, 0.05) is 39.8 Å². The van der Waals surface area contributed by atoms with E-state index >= 15 is 0 Å². The Bertz CT molecular complexity index is 1540. The van der Waals surface area contributed by atoms with Crippen molar-refractivity contribution in [1.82, 2.24) is 4.57 Å². The minimum atomic E-state index is -1.05. The number of hydrogen-bond acceptors (Lipinski definition) is 4. The van der Waals surface area contributed by atoms with E-state index in [0.29, 0.717) is 23.5 Å². The zero-order chi connectivity index (χ0) is 23.7. The fourth-order valence-electron chi connectivity index (χ4n) is 4.44. The fraction of sp³-hybridized carbons (Fsp3) is 0.0714. The van der Waals surface area contributed by atoms with Gasteiger partial charge in [-0.15, -0.1) is 0 Å². The third kappa shape index (κ3) is 3.75. The molecule has 0 saturated carbocycles. The molecule has 0 unspecified atom stereocenters. The van der Waals surface area contributed by atoms with Gasteiger partial charge in [0.2, 0.25) is 0 Å². The summed E-state index contributed by atoms with van der Waals surface area (Å²) in [5.41, 5.74) is 12.0. The molecular weight excluding hydrogens is 428 g/mol. The molecular formula is C28H22N2O4. The molecule has 0 bridgehead atoms. The van der Waals surface area contributed by atoms with E-state index in [0.717, 1.165) is 44.8 Å². The van der Waals surface area contributed by atoms with Crippen LogP contribution < -0.4 is 10.5 Å². The second-order valence-corrected chi connectivity index (χ2v) is 8.07. The van der Waals surface area contributed by atoms with Gasteiger partial charge in [-0.2, -0.15) is 0 Å². The predicted octanol–water partition coefficient (Wildman–Crippen LogP) is 5.37. The zero-order valence-electron chi connectivity index (χ0n) is 18.3. The average Bonchev–Trinajstić information content (AvgIpc) is 3.18. The number of para-hydroxylation sites is 1. The van der Waals surface area contributed by atoms with Crippen molar-refractivity contribution in [2.45, 2.75) is 6.54 Å². The second kappa shape index (κ2) is 8.75. The Morgan fingerprint density at radius 2 is 1.71 bits per heavy atom. The van der Waals surface area contributed by atoms with Crippen LogP contribution >= 0.6 is 0 Å². The number of fused-ring (bicyclic) bond motifs is 3. The van der Waals surface area contributed by atoms with E-state index in [9.17, 15) is 14.7 Å². The number of aromatic nitrogens is 1. The van der Waals surface area contributed by atoms with Gasteiger partial charge >= 0.3 is 5.97 Å². The number of hydrogen-bond donors (Lipinski definition) is 2. The number of anilines is 1. The summed E-state index contributed by atoms with van der Waals surface area (Å²) in [6.07, 6.45) is 0.796. The maximum absolute atomic E-state index is 11.5. The van der Waals surface area contributed by atoms with Gasteiger partial charge in [-0.1, -0.05) is 48.5 Å². The van der Waals surface area contributed by atoms with Crippen LogP contribution in [0.5, 0.6) is 5.75 Å². The highest BCUT2D eigenvalue weighted by Crippen LogP contribution is 2.43. The molecule has 1 heterocycles. The first kappa shape index (κ1) is 21.3. The molecule has 6 nitrogen and oxygen atoms in total. The zero-order valence-corrected chi connectivity index (χ0v) is 18.3. The summed E-state index contributed by atoms with van der Waals surface area (Å²) in [6.45, 7) is 0.142. The van der Waals surface area contributed by atoms with Gasteiger partial charge in [0.1, 0.15) is 12.0 Å². The van der Waals surface area contributed by atoms with Gasteiger partial charge in [-0.3, -0.25) is 4.79 Å².